The van der Waals surface area contributed by atoms with Gasteiger partial charge in [0.1, 0.15) is 0 Å². The molecule has 1 aromatic rings. The lowest BCUT2D eigenvalue weighted by Gasteiger charge is -2.23. The van der Waals surface area contributed by atoms with Gasteiger partial charge in [-0.05, 0) is 30.2 Å². The molecule has 21 heavy (non-hydrogen) atoms. The van der Waals surface area contributed by atoms with Crippen LogP contribution in [0.2, 0.25) is 0 Å². The molecule has 5 heteroatoms. The molecule has 1 aromatic carbocycles. The third-order valence-corrected chi connectivity index (χ3v) is 3.41. The van der Waals surface area contributed by atoms with Crippen LogP contribution in [0.25, 0.3) is 0 Å². The molecule has 1 atom stereocenters. The standard InChI is InChI=1S/C16H28N2O3/c1-13-9-15(18(2)11-16(19)12-21-4)6-5-14(13)10-17-7-8-20-3/h5-6,9,16-17,19H,7-8,10-12H2,1-4H3. The van der Waals surface area contributed by atoms with Gasteiger partial charge in [0, 0.05) is 46.6 Å². The monoisotopic (exact) mass is 296 g/mol. The number of nitrogens with one attached hydrogen (secondary N) is 1. The van der Waals surface area contributed by atoms with Crippen molar-refractivity contribution in [3.8, 4) is 0 Å². The summed E-state index contributed by atoms with van der Waals surface area (Å²) in [5.74, 6) is 0. The fourth-order valence-corrected chi connectivity index (χ4v) is 2.18. The van der Waals surface area contributed by atoms with E-state index in [2.05, 4.69) is 30.4 Å². The van der Waals surface area contributed by atoms with Gasteiger partial charge in [-0.1, -0.05) is 6.07 Å². The van der Waals surface area contributed by atoms with E-state index in [1.54, 1.807) is 14.2 Å². The van der Waals surface area contributed by atoms with Gasteiger partial charge in [-0.3, -0.25) is 0 Å². The molecule has 120 valence electrons. The summed E-state index contributed by atoms with van der Waals surface area (Å²) in [7, 11) is 5.28. The number of methoxy groups -OCH3 is 2. The lowest BCUT2D eigenvalue weighted by molar-refractivity contribution is 0.0695. The number of hydrogen-bond acceptors (Lipinski definition) is 5. The lowest BCUT2D eigenvalue weighted by Crippen LogP contribution is -2.31. The van der Waals surface area contributed by atoms with Crippen LogP contribution >= 0.6 is 0 Å². The molecule has 0 radical (unpaired) electrons. The molecule has 1 unspecified atom stereocenters. The van der Waals surface area contributed by atoms with Gasteiger partial charge < -0.3 is 24.8 Å². The van der Waals surface area contributed by atoms with Crippen LogP contribution in [0.1, 0.15) is 11.1 Å². The summed E-state index contributed by atoms with van der Waals surface area (Å²) in [6.45, 7) is 5.42. The molecular formula is C16H28N2O3. The van der Waals surface area contributed by atoms with Crippen LogP contribution in [0.5, 0.6) is 0 Å². The minimum atomic E-state index is -0.476. The first-order valence-electron chi connectivity index (χ1n) is 7.25. The minimum Gasteiger partial charge on any atom is -0.389 e. The number of ether oxygens (including phenoxy) is 2. The van der Waals surface area contributed by atoms with Crippen LogP contribution in [0, 0.1) is 6.92 Å². The number of hydrogen-bond donors (Lipinski definition) is 2. The van der Waals surface area contributed by atoms with Gasteiger partial charge in [0.25, 0.3) is 0 Å². The predicted octanol–water partition coefficient (Wildman–Crippen LogP) is 1.17. The zero-order valence-corrected chi connectivity index (χ0v) is 13.6. The van der Waals surface area contributed by atoms with E-state index < -0.39 is 6.10 Å². The van der Waals surface area contributed by atoms with Crippen LogP contribution in [0.4, 0.5) is 5.69 Å². The maximum atomic E-state index is 9.78. The van der Waals surface area contributed by atoms with E-state index in [0.717, 1.165) is 25.4 Å². The van der Waals surface area contributed by atoms with E-state index >= 15 is 0 Å². The first-order valence-corrected chi connectivity index (χ1v) is 7.25. The third kappa shape index (κ3) is 6.44. The third-order valence-electron chi connectivity index (χ3n) is 3.41. The Morgan fingerprint density at radius 2 is 2.05 bits per heavy atom. The van der Waals surface area contributed by atoms with Crippen molar-refractivity contribution in [2.45, 2.75) is 19.6 Å². The summed E-state index contributed by atoms with van der Waals surface area (Å²) in [6, 6.07) is 6.36. The molecule has 0 aliphatic heterocycles. The highest BCUT2D eigenvalue weighted by molar-refractivity contribution is 5.50. The average Bonchev–Trinajstić information content (AvgIpc) is 2.45. The Balaban J connectivity index is 2.56. The number of aliphatic hydroxyl groups is 1. The smallest absolute Gasteiger partial charge is 0.0947 e. The first kappa shape index (κ1) is 17.9. The van der Waals surface area contributed by atoms with Crippen molar-refractivity contribution in [1.29, 1.82) is 0 Å². The Morgan fingerprint density at radius 3 is 2.67 bits per heavy atom. The molecule has 1 rings (SSSR count). The summed E-state index contributed by atoms with van der Waals surface area (Å²) < 4.78 is 9.97. The van der Waals surface area contributed by atoms with Gasteiger partial charge in [-0.2, -0.15) is 0 Å². The maximum Gasteiger partial charge on any atom is 0.0947 e. The topological polar surface area (TPSA) is 54.0 Å². The van der Waals surface area contributed by atoms with Crippen molar-refractivity contribution in [2.24, 2.45) is 0 Å². The van der Waals surface area contributed by atoms with Gasteiger partial charge in [0.2, 0.25) is 0 Å². The highest BCUT2D eigenvalue weighted by Gasteiger charge is 2.09. The summed E-state index contributed by atoms with van der Waals surface area (Å²) in [5.41, 5.74) is 3.62. The van der Waals surface area contributed by atoms with E-state index in [9.17, 15) is 5.11 Å². The highest BCUT2D eigenvalue weighted by atomic mass is 16.5. The minimum absolute atomic E-state index is 0.352. The second-order valence-corrected chi connectivity index (χ2v) is 5.27. The largest absolute Gasteiger partial charge is 0.389 e. The Hall–Kier alpha value is -1.14. The number of benzene rings is 1. The molecule has 0 amide bonds. The quantitative estimate of drug-likeness (QED) is 0.635. The number of nitrogens with zero attached hydrogens (tertiary/aromatic N) is 1. The zero-order chi connectivity index (χ0) is 15.7. The molecule has 0 aliphatic rings. The zero-order valence-electron chi connectivity index (χ0n) is 13.6. The van der Waals surface area contributed by atoms with E-state index in [4.69, 9.17) is 9.47 Å². The first-order chi connectivity index (χ1) is 10.1. The molecule has 0 fully saturated rings. The molecule has 2 N–H and O–H groups in total. The van der Waals surface area contributed by atoms with Crippen LogP contribution in [-0.2, 0) is 16.0 Å². The lowest BCUT2D eigenvalue weighted by atomic mass is 10.1. The highest BCUT2D eigenvalue weighted by Crippen LogP contribution is 2.18. The number of rotatable bonds is 10. The number of likely N-dealkylation sites (N-methyl/N-ethyl adjacent to an activating group) is 1. The molecule has 0 saturated carbocycles. The number of aliphatic hydroxyl groups excluding tert-OH is 1. The SMILES string of the molecule is COCCNCc1ccc(N(C)CC(O)COC)cc1C. The summed E-state index contributed by atoms with van der Waals surface area (Å²) in [4.78, 5) is 2.04. The Morgan fingerprint density at radius 1 is 1.29 bits per heavy atom. The van der Waals surface area contributed by atoms with Gasteiger partial charge in [0.05, 0.1) is 19.3 Å². The van der Waals surface area contributed by atoms with Crippen LogP contribution in [0.15, 0.2) is 18.2 Å². The Kier molecular flexibility index (Phi) is 8.30. The molecule has 0 aromatic heterocycles. The molecule has 0 saturated heterocycles. The van der Waals surface area contributed by atoms with Gasteiger partial charge in [-0.15, -0.1) is 0 Å². The summed E-state index contributed by atoms with van der Waals surface area (Å²) in [5, 5.41) is 13.1. The molecule has 0 spiro atoms. The Labute approximate surface area is 127 Å². The summed E-state index contributed by atoms with van der Waals surface area (Å²) in [6.07, 6.45) is -0.476. The van der Waals surface area contributed by atoms with Gasteiger partial charge in [0.15, 0.2) is 0 Å². The Bertz CT molecular complexity index is 413. The molecule has 0 aliphatic carbocycles. The maximum absolute atomic E-state index is 9.78. The molecular weight excluding hydrogens is 268 g/mol. The average molecular weight is 296 g/mol. The van der Waals surface area contributed by atoms with Gasteiger partial charge in [-0.25, -0.2) is 0 Å². The molecule has 0 heterocycles. The predicted molar refractivity (Wildman–Crippen MR) is 85.9 cm³/mol. The van der Waals surface area contributed by atoms with Crippen molar-refractivity contribution >= 4 is 5.69 Å². The van der Waals surface area contributed by atoms with Crippen molar-refractivity contribution in [3.63, 3.8) is 0 Å². The van der Waals surface area contributed by atoms with E-state index in [1.165, 1.54) is 11.1 Å². The number of anilines is 1. The van der Waals surface area contributed by atoms with Crippen molar-refractivity contribution in [3.05, 3.63) is 29.3 Å². The van der Waals surface area contributed by atoms with Crippen LogP contribution in [0.3, 0.4) is 0 Å². The second kappa shape index (κ2) is 9.73. The normalized spacial score (nSPS) is 12.4. The van der Waals surface area contributed by atoms with E-state index in [1.807, 2.05) is 11.9 Å². The number of aryl methyl sites for hydroxylation is 1. The fraction of sp³-hybridized carbons (Fsp3) is 0.625. The van der Waals surface area contributed by atoms with Crippen molar-refractivity contribution in [2.75, 3.05) is 52.5 Å². The second-order valence-electron chi connectivity index (χ2n) is 5.27. The molecule has 5 nitrogen and oxygen atoms in total. The van der Waals surface area contributed by atoms with E-state index in [-0.39, 0.29) is 0 Å². The fourth-order valence-electron chi connectivity index (χ4n) is 2.18. The van der Waals surface area contributed by atoms with E-state index in [0.29, 0.717) is 13.2 Å². The van der Waals surface area contributed by atoms with Gasteiger partial charge >= 0.3 is 0 Å². The van der Waals surface area contributed by atoms with Crippen molar-refractivity contribution < 1.29 is 14.6 Å². The van der Waals surface area contributed by atoms with Crippen LogP contribution < -0.4 is 10.2 Å². The summed E-state index contributed by atoms with van der Waals surface area (Å²) >= 11 is 0. The van der Waals surface area contributed by atoms with Crippen LogP contribution in [-0.4, -0.2) is 58.8 Å². The molecule has 0 bridgehead atoms. The van der Waals surface area contributed by atoms with Crippen molar-refractivity contribution in [1.82, 2.24) is 5.32 Å².